The molecular weight excluding hydrogens is 262 g/mol. The van der Waals surface area contributed by atoms with Gasteiger partial charge in [-0.2, -0.15) is 0 Å². The number of aliphatic hydroxyl groups excluding tert-OH is 1. The van der Waals surface area contributed by atoms with Crippen molar-refractivity contribution < 1.29 is 19.8 Å². The van der Waals surface area contributed by atoms with Crippen molar-refractivity contribution >= 4 is 12.0 Å². The van der Waals surface area contributed by atoms with Crippen molar-refractivity contribution in [2.75, 3.05) is 26.2 Å². The van der Waals surface area contributed by atoms with Gasteiger partial charge in [-0.25, -0.2) is 9.59 Å². The first-order valence-electron chi connectivity index (χ1n) is 7.06. The van der Waals surface area contributed by atoms with Crippen LogP contribution in [-0.4, -0.2) is 65.4 Å². The zero-order valence-electron chi connectivity index (χ0n) is 12.1. The Kier molecular flexibility index (Phi) is 6.74. The standard InChI is InChI=1S/C13H25N3O4/c1-9(2)16-5-3-10(8-16)7-14-13(20)15-11(4-6-17)12(18)19/h9-11,17H,3-8H2,1-2H3,(H,18,19)(H2,14,15,20). The third-order valence-corrected chi connectivity index (χ3v) is 3.62. The van der Waals surface area contributed by atoms with Gasteiger partial charge in [-0.15, -0.1) is 0 Å². The van der Waals surface area contributed by atoms with Gasteiger partial charge in [0, 0.05) is 32.2 Å². The topological polar surface area (TPSA) is 102 Å². The molecule has 116 valence electrons. The smallest absolute Gasteiger partial charge is 0.326 e. The van der Waals surface area contributed by atoms with Gasteiger partial charge in [0.15, 0.2) is 0 Å². The van der Waals surface area contributed by atoms with Crippen LogP contribution < -0.4 is 10.6 Å². The lowest BCUT2D eigenvalue weighted by Crippen LogP contribution is -2.47. The number of carboxylic acid groups (broad SMARTS) is 1. The Balaban J connectivity index is 2.28. The van der Waals surface area contributed by atoms with Crippen LogP contribution in [0.25, 0.3) is 0 Å². The van der Waals surface area contributed by atoms with Gasteiger partial charge in [0.05, 0.1) is 0 Å². The fourth-order valence-electron chi connectivity index (χ4n) is 2.33. The lowest BCUT2D eigenvalue weighted by molar-refractivity contribution is -0.139. The normalized spacial score (nSPS) is 20.9. The van der Waals surface area contributed by atoms with Crippen molar-refractivity contribution in [1.29, 1.82) is 0 Å². The Bertz CT molecular complexity index is 336. The van der Waals surface area contributed by atoms with Gasteiger partial charge >= 0.3 is 12.0 Å². The molecule has 0 aromatic carbocycles. The SMILES string of the molecule is CC(C)N1CCC(CNC(=O)NC(CCO)C(=O)O)C1. The second kappa shape index (κ2) is 8.06. The minimum absolute atomic E-state index is 0.00725. The van der Waals surface area contributed by atoms with Gasteiger partial charge in [0.2, 0.25) is 0 Å². The maximum atomic E-state index is 11.6. The maximum Gasteiger partial charge on any atom is 0.326 e. The third-order valence-electron chi connectivity index (χ3n) is 3.62. The van der Waals surface area contributed by atoms with E-state index >= 15 is 0 Å². The second-order valence-corrected chi connectivity index (χ2v) is 5.50. The van der Waals surface area contributed by atoms with Crippen molar-refractivity contribution in [1.82, 2.24) is 15.5 Å². The predicted octanol–water partition coefficient (Wildman–Crippen LogP) is -0.148. The van der Waals surface area contributed by atoms with Crippen LogP contribution in [0, 0.1) is 5.92 Å². The van der Waals surface area contributed by atoms with Crippen molar-refractivity contribution in [3.8, 4) is 0 Å². The molecule has 7 heteroatoms. The van der Waals surface area contributed by atoms with Gasteiger partial charge in [0.25, 0.3) is 0 Å². The number of aliphatic carboxylic acids is 1. The summed E-state index contributed by atoms with van der Waals surface area (Å²) < 4.78 is 0. The number of nitrogens with one attached hydrogen (secondary N) is 2. The van der Waals surface area contributed by atoms with Crippen molar-refractivity contribution in [3.63, 3.8) is 0 Å². The monoisotopic (exact) mass is 287 g/mol. The molecule has 0 bridgehead atoms. The van der Waals surface area contributed by atoms with E-state index < -0.39 is 18.0 Å². The minimum Gasteiger partial charge on any atom is -0.480 e. The molecule has 0 spiro atoms. The molecule has 0 aliphatic carbocycles. The number of carboxylic acids is 1. The zero-order valence-corrected chi connectivity index (χ0v) is 12.1. The molecule has 0 aromatic rings. The van der Waals surface area contributed by atoms with Crippen molar-refractivity contribution in [3.05, 3.63) is 0 Å². The number of carbonyl (C=O) groups is 2. The first kappa shape index (κ1) is 16.7. The van der Waals surface area contributed by atoms with Gasteiger partial charge in [-0.3, -0.25) is 0 Å². The largest absolute Gasteiger partial charge is 0.480 e. The molecule has 0 aromatic heterocycles. The Morgan fingerprint density at radius 2 is 2.10 bits per heavy atom. The van der Waals surface area contributed by atoms with E-state index in [2.05, 4.69) is 29.4 Å². The molecule has 1 heterocycles. The van der Waals surface area contributed by atoms with Crippen LogP contribution >= 0.6 is 0 Å². The fourth-order valence-corrected chi connectivity index (χ4v) is 2.33. The van der Waals surface area contributed by atoms with Crippen LogP contribution in [0.1, 0.15) is 26.7 Å². The number of amides is 2. The lowest BCUT2D eigenvalue weighted by atomic mass is 10.1. The van der Waals surface area contributed by atoms with E-state index in [-0.39, 0.29) is 13.0 Å². The molecule has 1 saturated heterocycles. The van der Waals surface area contributed by atoms with Gasteiger partial charge in [0.1, 0.15) is 6.04 Å². The molecule has 2 unspecified atom stereocenters. The molecule has 1 rings (SSSR count). The molecule has 4 N–H and O–H groups in total. The molecule has 0 saturated carbocycles. The third kappa shape index (κ3) is 5.34. The zero-order chi connectivity index (χ0) is 15.1. The summed E-state index contributed by atoms with van der Waals surface area (Å²) in [5.41, 5.74) is 0. The first-order chi connectivity index (χ1) is 9.43. The van der Waals surface area contributed by atoms with E-state index in [9.17, 15) is 9.59 Å². The number of hydrogen-bond acceptors (Lipinski definition) is 4. The van der Waals surface area contributed by atoms with Gasteiger partial charge < -0.3 is 25.7 Å². The quantitative estimate of drug-likeness (QED) is 0.522. The number of aliphatic hydroxyl groups is 1. The number of nitrogens with zero attached hydrogens (tertiary/aromatic N) is 1. The number of carbonyl (C=O) groups excluding carboxylic acids is 1. The molecule has 0 radical (unpaired) electrons. The molecular formula is C13H25N3O4. The Morgan fingerprint density at radius 3 is 2.60 bits per heavy atom. The highest BCUT2D eigenvalue weighted by molar-refractivity contribution is 5.82. The number of likely N-dealkylation sites (tertiary alicyclic amines) is 1. The van der Waals surface area contributed by atoms with E-state index in [0.29, 0.717) is 18.5 Å². The summed E-state index contributed by atoms with van der Waals surface area (Å²) in [6.07, 6.45) is 1.05. The number of urea groups is 1. The lowest BCUT2D eigenvalue weighted by Gasteiger charge is -2.20. The van der Waals surface area contributed by atoms with E-state index in [1.807, 2.05) is 0 Å². The fraction of sp³-hybridized carbons (Fsp3) is 0.846. The van der Waals surface area contributed by atoms with Crippen LogP contribution in [0.2, 0.25) is 0 Å². The summed E-state index contributed by atoms with van der Waals surface area (Å²) >= 11 is 0. The summed E-state index contributed by atoms with van der Waals surface area (Å²) in [6, 6.07) is -1.03. The summed E-state index contributed by atoms with van der Waals surface area (Å²) in [5.74, 6) is -0.731. The number of rotatable bonds is 7. The summed E-state index contributed by atoms with van der Waals surface area (Å²) in [7, 11) is 0. The average molecular weight is 287 g/mol. The minimum atomic E-state index is -1.14. The van der Waals surface area contributed by atoms with Crippen LogP contribution in [0.3, 0.4) is 0 Å². The van der Waals surface area contributed by atoms with Crippen LogP contribution in [0.15, 0.2) is 0 Å². The highest BCUT2D eigenvalue weighted by atomic mass is 16.4. The van der Waals surface area contributed by atoms with E-state index in [1.54, 1.807) is 0 Å². The van der Waals surface area contributed by atoms with Gasteiger partial charge in [-0.1, -0.05) is 0 Å². The Hall–Kier alpha value is -1.34. The van der Waals surface area contributed by atoms with E-state index in [0.717, 1.165) is 19.5 Å². The second-order valence-electron chi connectivity index (χ2n) is 5.50. The maximum absolute atomic E-state index is 11.6. The predicted molar refractivity (Wildman–Crippen MR) is 74.5 cm³/mol. The summed E-state index contributed by atoms with van der Waals surface area (Å²) in [6.45, 7) is 6.55. The molecule has 2 atom stereocenters. The number of hydrogen-bond donors (Lipinski definition) is 4. The van der Waals surface area contributed by atoms with E-state index in [4.69, 9.17) is 10.2 Å². The van der Waals surface area contributed by atoms with Crippen LogP contribution in [0.4, 0.5) is 4.79 Å². The van der Waals surface area contributed by atoms with Crippen LogP contribution in [-0.2, 0) is 4.79 Å². The molecule has 1 aliphatic heterocycles. The molecule has 1 aliphatic rings. The summed E-state index contributed by atoms with van der Waals surface area (Å²) in [5, 5.41) is 22.7. The van der Waals surface area contributed by atoms with Crippen molar-refractivity contribution in [2.24, 2.45) is 5.92 Å². The molecule has 1 fully saturated rings. The average Bonchev–Trinajstić information content (AvgIpc) is 2.84. The highest BCUT2D eigenvalue weighted by Crippen LogP contribution is 2.17. The Morgan fingerprint density at radius 1 is 1.40 bits per heavy atom. The van der Waals surface area contributed by atoms with Crippen LogP contribution in [0.5, 0.6) is 0 Å². The molecule has 2 amide bonds. The van der Waals surface area contributed by atoms with Crippen molar-refractivity contribution in [2.45, 2.75) is 38.8 Å². The molecule has 7 nitrogen and oxygen atoms in total. The van der Waals surface area contributed by atoms with Gasteiger partial charge in [-0.05, 0) is 32.7 Å². The molecule has 20 heavy (non-hydrogen) atoms. The summed E-state index contributed by atoms with van der Waals surface area (Å²) in [4.78, 5) is 24.8. The van der Waals surface area contributed by atoms with E-state index in [1.165, 1.54) is 0 Å². The Labute approximate surface area is 119 Å². The first-order valence-corrected chi connectivity index (χ1v) is 7.06. The highest BCUT2D eigenvalue weighted by Gasteiger charge is 2.25.